The number of esters is 1. The Kier molecular flexibility index (Phi) is 6.91. The van der Waals surface area contributed by atoms with Gasteiger partial charge in [-0.2, -0.15) is 0 Å². The Labute approximate surface area is 110 Å². The van der Waals surface area contributed by atoms with Crippen molar-refractivity contribution in [1.82, 2.24) is 10.6 Å². The molecule has 0 spiro atoms. The van der Waals surface area contributed by atoms with Crippen LogP contribution in [-0.2, 0) is 14.3 Å². The molecule has 0 aliphatic carbocycles. The summed E-state index contributed by atoms with van der Waals surface area (Å²) in [5.41, 5.74) is -0.638. The van der Waals surface area contributed by atoms with E-state index >= 15 is 0 Å². The molecule has 1 atom stereocenters. The predicted molar refractivity (Wildman–Crippen MR) is 71.1 cm³/mol. The van der Waals surface area contributed by atoms with Crippen LogP contribution in [0.25, 0.3) is 0 Å². The molecule has 0 fully saturated rings. The molecule has 18 heavy (non-hydrogen) atoms. The topological polar surface area (TPSA) is 67.4 Å². The molecule has 0 radical (unpaired) electrons. The van der Waals surface area contributed by atoms with Crippen molar-refractivity contribution in [3.63, 3.8) is 0 Å². The third-order valence-corrected chi connectivity index (χ3v) is 2.67. The van der Waals surface area contributed by atoms with Crippen LogP contribution >= 0.6 is 0 Å². The van der Waals surface area contributed by atoms with E-state index in [0.717, 1.165) is 0 Å². The molecule has 0 aromatic carbocycles. The fraction of sp³-hybridized carbons (Fsp3) is 0.846. The molecule has 1 unspecified atom stereocenters. The summed E-state index contributed by atoms with van der Waals surface area (Å²) in [5, 5.41) is 5.89. The van der Waals surface area contributed by atoms with Gasteiger partial charge in [0.2, 0.25) is 5.91 Å². The first kappa shape index (κ1) is 16.9. The molecule has 0 rings (SSSR count). The summed E-state index contributed by atoms with van der Waals surface area (Å²) in [6, 6.07) is -0.326. The van der Waals surface area contributed by atoms with Gasteiger partial charge in [0.1, 0.15) is 0 Å². The van der Waals surface area contributed by atoms with E-state index in [2.05, 4.69) is 10.6 Å². The van der Waals surface area contributed by atoms with Crippen molar-refractivity contribution in [2.75, 3.05) is 20.2 Å². The number of rotatable bonds is 7. The molecule has 0 saturated carbocycles. The number of hydrogen-bond donors (Lipinski definition) is 2. The van der Waals surface area contributed by atoms with Crippen LogP contribution in [0.1, 0.15) is 34.6 Å². The summed E-state index contributed by atoms with van der Waals surface area (Å²) in [6.07, 6.45) is 0. The number of ether oxygens (including phenoxy) is 1. The van der Waals surface area contributed by atoms with Gasteiger partial charge in [0, 0.05) is 13.1 Å². The molecule has 0 aliphatic rings. The quantitative estimate of drug-likeness (QED) is 0.667. The Bertz CT molecular complexity index is 288. The van der Waals surface area contributed by atoms with Crippen LogP contribution in [-0.4, -0.2) is 38.1 Å². The summed E-state index contributed by atoms with van der Waals surface area (Å²) in [5.74, 6) is 0.0850. The summed E-state index contributed by atoms with van der Waals surface area (Å²) in [6.45, 7) is 10.5. The predicted octanol–water partition coefficient (Wildman–Crippen LogP) is 0.936. The minimum absolute atomic E-state index is 0.0515. The maximum atomic E-state index is 11.7. The zero-order valence-electron chi connectivity index (χ0n) is 12.3. The van der Waals surface area contributed by atoms with E-state index in [1.165, 1.54) is 7.11 Å². The maximum Gasteiger partial charge on any atom is 0.312 e. The first-order chi connectivity index (χ1) is 8.20. The van der Waals surface area contributed by atoms with Crippen molar-refractivity contribution in [2.45, 2.75) is 40.7 Å². The number of methoxy groups -OCH3 is 1. The van der Waals surface area contributed by atoms with Crippen LogP contribution in [0.5, 0.6) is 0 Å². The van der Waals surface area contributed by atoms with E-state index in [4.69, 9.17) is 4.74 Å². The minimum Gasteiger partial charge on any atom is -0.469 e. The normalized spacial score (nSPS) is 13.3. The average Bonchev–Trinajstić information content (AvgIpc) is 2.31. The molecule has 0 aromatic heterocycles. The lowest BCUT2D eigenvalue weighted by molar-refractivity contribution is -0.150. The first-order valence-electron chi connectivity index (χ1n) is 6.30. The Morgan fingerprint density at radius 2 is 1.78 bits per heavy atom. The zero-order chi connectivity index (χ0) is 14.3. The highest BCUT2D eigenvalue weighted by Crippen LogP contribution is 2.15. The standard InChI is InChI=1S/C13H26N2O3/c1-9(2)7-14-11(16)10(3)15-8-13(4,5)12(17)18-6/h9-10,15H,7-8H2,1-6H3,(H,14,16). The number of carbonyl (C=O) groups is 2. The summed E-state index contributed by atoms with van der Waals surface area (Å²) < 4.78 is 4.71. The maximum absolute atomic E-state index is 11.7. The lowest BCUT2D eigenvalue weighted by Gasteiger charge is -2.24. The van der Waals surface area contributed by atoms with Gasteiger partial charge in [-0.1, -0.05) is 13.8 Å². The molecule has 106 valence electrons. The van der Waals surface area contributed by atoms with Crippen molar-refractivity contribution in [3.05, 3.63) is 0 Å². The molecule has 0 aromatic rings. The SMILES string of the molecule is COC(=O)C(C)(C)CNC(C)C(=O)NCC(C)C. The fourth-order valence-corrected chi connectivity index (χ4v) is 1.31. The number of amides is 1. The van der Waals surface area contributed by atoms with E-state index in [-0.39, 0.29) is 17.9 Å². The van der Waals surface area contributed by atoms with Crippen molar-refractivity contribution in [3.8, 4) is 0 Å². The highest BCUT2D eigenvalue weighted by atomic mass is 16.5. The van der Waals surface area contributed by atoms with Crippen molar-refractivity contribution < 1.29 is 14.3 Å². The van der Waals surface area contributed by atoms with Gasteiger partial charge in [0.25, 0.3) is 0 Å². The number of nitrogens with one attached hydrogen (secondary N) is 2. The van der Waals surface area contributed by atoms with E-state index in [1.54, 1.807) is 20.8 Å². The Hall–Kier alpha value is -1.10. The molecule has 2 N–H and O–H groups in total. The molecule has 0 saturated heterocycles. The van der Waals surface area contributed by atoms with Crippen LogP contribution in [0.15, 0.2) is 0 Å². The Balaban J connectivity index is 4.13. The molecule has 0 aliphatic heterocycles. The van der Waals surface area contributed by atoms with Gasteiger partial charge in [0.05, 0.1) is 18.6 Å². The molecule has 5 heteroatoms. The van der Waals surface area contributed by atoms with E-state index in [9.17, 15) is 9.59 Å². The van der Waals surface area contributed by atoms with E-state index < -0.39 is 5.41 Å². The van der Waals surface area contributed by atoms with Crippen LogP contribution < -0.4 is 10.6 Å². The van der Waals surface area contributed by atoms with Crippen LogP contribution in [0.4, 0.5) is 0 Å². The largest absolute Gasteiger partial charge is 0.469 e. The fourth-order valence-electron chi connectivity index (χ4n) is 1.31. The summed E-state index contributed by atoms with van der Waals surface area (Å²) in [4.78, 5) is 23.2. The van der Waals surface area contributed by atoms with Gasteiger partial charge in [-0.15, -0.1) is 0 Å². The summed E-state index contributed by atoms with van der Waals surface area (Å²) in [7, 11) is 1.36. The number of carbonyl (C=O) groups excluding carboxylic acids is 2. The third-order valence-electron chi connectivity index (χ3n) is 2.67. The van der Waals surface area contributed by atoms with E-state index in [0.29, 0.717) is 19.0 Å². The van der Waals surface area contributed by atoms with Gasteiger partial charge >= 0.3 is 5.97 Å². The van der Waals surface area contributed by atoms with Gasteiger partial charge in [0.15, 0.2) is 0 Å². The van der Waals surface area contributed by atoms with E-state index in [1.807, 2.05) is 13.8 Å². The average molecular weight is 258 g/mol. The molecule has 5 nitrogen and oxygen atoms in total. The van der Waals surface area contributed by atoms with Crippen LogP contribution in [0.3, 0.4) is 0 Å². The van der Waals surface area contributed by atoms with Gasteiger partial charge in [-0.3, -0.25) is 9.59 Å². The summed E-state index contributed by atoms with van der Waals surface area (Å²) >= 11 is 0. The molecular formula is C13H26N2O3. The zero-order valence-corrected chi connectivity index (χ0v) is 12.3. The smallest absolute Gasteiger partial charge is 0.312 e. The lowest BCUT2D eigenvalue weighted by Crippen LogP contribution is -2.47. The first-order valence-corrected chi connectivity index (χ1v) is 6.30. The molecule has 0 bridgehead atoms. The second-order valence-electron chi connectivity index (χ2n) is 5.62. The van der Waals surface area contributed by atoms with Gasteiger partial charge < -0.3 is 15.4 Å². The highest BCUT2D eigenvalue weighted by Gasteiger charge is 2.29. The molecule has 1 amide bonds. The van der Waals surface area contributed by atoms with Crippen LogP contribution in [0.2, 0.25) is 0 Å². The second-order valence-corrected chi connectivity index (χ2v) is 5.62. The van der Waals surface area contributed by atoms with Crippen LogP contribution in [0, 0.1) is 11.3 Å². The second kappa shape index (κ2) is 7.36. The molecular weight excluding hydrogens is 232 g/mol. The van der Waals surface area contributed by atoms with Gasteiger partial charge in [-0.05, 0) is 26.7 Å². The minimum atomic E-state index is -0.638. The van der Waals surface area contributed by atoms with Crippen molar-refractivity contribution in [1.29, 1.82) is 0 Å². The monoisotopic (exact) mass is 258 g/mol. The Morgan fingerprint density at radius 3 is 2.22 bits per heavy atom. The Morgan fingerprint density at radius 1 is 1.22 bits per heavy atom. The van der Waals surface area contributed by atoms with Crippen molar-refractivity contribution >= 4 is 11.9 Å². The van der Waals surface area contributed by atoms with Gasteiger partial charge in [-0.25, -0.2) is 0 Å². The van der Waals surface area contributed by atoms with Crippen molar-refractivity contribution in [2.24, 2.45) is 11.3 Å². The third kappa shape index (κ3) is 6.00. The number of hydrogen-bond acceptors (Lipinski definition) is 4. The molecule has 0 heterocycles. The lowest BCUT2D eigenvalue weighted by atomic mass is 9.93. The highest BCUT2D eigenvalue weighted by molar-refractivity contribution is 5.81.